The van der Waals surface area contributed by atoms with Crippen LogP contribution in [-0.2, 0) is 23.9 Å². The van der Waals surface area contributed by atoms with E-state index in [9.17, 15) is 14.4 Å². The Hall–Kier alpha value is -1.65. The van der Waals surface area contributed by atoms with Gasteiger partial charge in [0.25, 0.3) is 0 Å². The van der Waals surface area contributed by atoms with E-state index >= 15 is 0 Å². The Morgan fingerprint density at radius 2 is 1.79 bits per heavy atom. The quantitative estimate of drug-likeness (QED) is 0.377. The largest absolute Gasteiger partial charge is 0.447 e. The van der Waals surface area contributed by atoms with Gasteiger partial charge in [-0.15, -0.1) is 0 Å². The first kappa shape index (κ1) is 12.3. The van der Waals surface area contributed by atoms with Crippen LogP contribution in [0, 0.1) is 0 Å². The fraction of sp³-hybridized carbons (Fsp3) is 0.444. The van der Waals surface area contributed by atoms with Crippen molar-refractivity contribution in [3.8, 4) is 0 Å². The van der Waals surface area contributed by atoms with Crippen LogP contribution in [0.4, 0.5) is 0 Å². The van der Waals surface area contributed by atoms with E-state index in [1.165, 1.54) is 26.8 Å². The molecule has 0 aromatic rings. The fourth-order valence-corrected chi connectivity index (χ4v) is 0.672. The standard InChI is InChI=1S/C9H12O5/c1-7(11)13-5-4-9(3,6-10)14-8(2)12/h4-6H,1-3H3. The average Bonchev–Trinajstić information content (AvgIpc) is 2.02. The van der Waals surface area contributed by atoms with Crippen LogP contribution in [0.25, 0.3) is 0 Å². The first-order valence-electron chi connectivity index (χ1n) is 3.90. The van der Waals surface area contributed by atoms with E-state index in [1.54, 1.807) is 0 Å². The molecular weight excluding hydrogens is 188 g/mol. The summed E-state index contributed by atoms with van der Waals surface area (Å²) in [5, 5.41) is 0. The zero-order chi connectivity index (χ0) is 11.2. The minimum absolute atomic E-state index is 0.439. The molecule has 0 rings (SSSR count). The Morgan fingerprint density at radius 1 is 1.21 bits per heavy atom. The van der Waals surface area contributed by atoms with Crippen molar-refractivity contribution in [1.29, 1.82) is 0 Å². The highest BCUT2D eigenvalue weighted by molar-refractivity contribution is 5.74. The molecule has 1 atom stereocenters. The van der Waals surface area contributed by atoms with Crippen molar-refractivity contribution in [3.05, 3.63) is 12.3 Å². The monoisotopic (exact) mass is 200 g/mol. The first-order chi connectivity index (χ1) is 6.39. The fourth-order valence-electron chi connectivity index (χ4n) is 0.672. The van der Waals surface area contributed by atoms with Gasteiger partial charge in [0.05, 0.1) is 6.26 Å². The summed E-state index contributed by atoms with van der Waals surface area (Å²) in [6.45, 7) is 3.78. The Labute approximate surface area is 81.7 Å². The van der Waals surface area contributed by atoms with Crippen LogP contribution in [0.5, 0.6) is 0 Å². The lowest BCUT2D eigenvalue weighted by Crippen LogP contribution is -2.30. The summed E-state index contributed by atoms with van der Waals surface area (Å²) in [5.41, 5.74) is -1.39. The van der Waals surface area contributed by atoms with Gasteiger partial charge in [-0.1, -0.05) is 0 Å². The van der Waals surface area contributed by atoms with E-state index in [0.29, 0.717) is 6.29 Å². The second kappa shape index (κ2) is 5.16. The van der Waals surface area contributed by atoms with Crippen LogP contribution in [0.15, 0.2) is 12.3 Å². The predicted molar refractivity (Wildman–Crippen MR) is 47.1 cm³/mol. The minimum Gasteiger partial charge on any atom is -0.447 e. The number of hydrogen-bond donors (Lipinski definition) is 0. The molecule has 0 aromatic carbocycles. The average molecular weight is 200 g/mol. The Morgan fingerprint density at radius 3 is 2.14 bits per heavy atom. The topological polar surface area (TPSA) is 69.7 Å². The molecule has 0 heterocycles. The Balaban J connectivity index is 4.38. The van der Waals surface area contributed by atoms with Gasteiger partial charge in [-0.25, -0.2) is 0 Å². The molecular formula is C9H12O5. The molecule has 5 heteroatoms. The number of carbonyl (C=O) groups excluding carboxylic acids is 3. The lowest BCUT2D eigenvalue weighted by atomic mass is 10.1. The molecule has 0 aliphatic carbocycles. The zero-order valence-corrected chi connectivity index (χ0v) is 8.27. The third-order valence-electron chi connectivity index (χ3n) is 1.23. The van der Waals surface area contributed by atoms with Gasteiger partial charge in [0.2, 0.25) is 0 Å². The van der Waals surface area contributed by atoms with Crippen LogP contribution in [0.2, 0.25) is 0 Å². The molecule has 0 saturated heterocycles. The predicted octanol–water partition coefficient (Wildman–Crippen LogP) is 0.584. The highest BCUT2D eigenvalue weighted by atomic mass is 16.6. The van der Waals surface area contributed by atoms with Crippen LogP contribution >= 0.6 is 0 Å². The second-order valence-electron chi connectivity index (χ2n) is 2.81. The lowest BCUT2D eigenvalue weighted by Gasteiger charge is -2.17. The third-order valence-corrected chi connectivity index (χ3v) is 1.23. The molecule has 0 spiro atoms. The number of aldehydes is 1. The van der Waals surface area contributed by atoms with Gasteiger partial charge in [-0.3, -0.25) is 14.4 Å². The molecule has 0 radical (unpaired) electrons. The van der Waals surface area contributed by atoms with Gasteiger partial charge < -0.3 is 9.47 Å². The van der Waals surface area contributed by atoms with Crippen molar-refractivity contribution in [2.24, 2.45) is 0 Å². The second-order valence-corrected chi connectivity index (χ2v) is 2.81. The summed E-state index contributed by atoms with van der Waals surface area (Å²) in [6, 6.07) is 0. The first-order valence-corrected chi connectivity index (χ1v) is 3.90. The van der Waals surface area contributed by atoms with Crippen molar-refractivity contribution >= 4 is 18.2 Å². The van der Waals surface area contributed by atoms with Crippen LogP contribution in [-0.4, -0.2) is 23.8 Å². The van der Waals surface area contributed by atoms with E-state index in [2.05, 4.69) is 9.47 Å². The molecule has 78 valence electrons. The molecule has 0 aliphatic rings. The molecule has 0 N–H and O–H groups in total. The van der Waals surface area contributed by atoms with E-state index in [4.69, 9.17) is 0 Å². The maximum atomic E-state index is 10.6. The molecule has 0 amide bonds. The van der Waals surface area contributed by atoms with Gasteiger partial charge in [0.15, 0.2) is 11.9 Å². The SMILES string of the molecule is CC(=O)OC=CC(C)(C=O)OC(C)=O. The molecule has 0 aliphatic heterocycles. The van der Waals surface area contributed by atoms with Crippen molar-refractivity contribution in [1.82, 2.24) is 0 Å². The zero-order valence-electron chi connectivity index (χ0n) is 8.27. The van der Waals surface area contributed by atoms with E-state index in [0.717, 1.165) is 6.26 Å². The molecule has 0 bridgehead atoms. The minimum atomic E-state index is -1.39. The Kier molecular flexibility index (Phi) is 4.55. The molecule has 0 saturated carbocycles. The summed E-state index contributed by atoms with van der Waals surface area (Å²) in [6.07, 6.45) is 2.64. The number of hydrogen-bond acceptors (Lipinski definition) is 5. The number of rotatable bonds is 4. The van der Waals surface area contributed by atoms with Crippen molar-refractivity contribution in [3.63, 3.8) is 0 Å². The molecule has 0 fully saturated rings. The summed E-state index contributed by atoms with van der Waals surface area (Å²) in [7, 11) is 0. The van der Waals surface area contributed by atoms with E-state index in [1.807, 2.05) is 0 Å². The van der Waals surface area contributed by atoms with Crippen LogP contribution in [0.1, 0.15) is 20.8 Å². The summed E-state index contributed by atoms with van der Waals surface area (Å²) >= 11 is 0. The highest BCUT2D eigenvalue weighted by Gasteiger charge is 2.23. The molecule has 5 nitrogen and oxygen atoms in total. The maximum Gasteiger partial charge on any atom is 0.307 e. The smallest absolute Gasteiger partial charge is 0.307 e. The van der Waals surface area contributed by atoms with Crippen molar-refractivity contribution in [2.45, 2.75) is 26.4 Å². The number of esters is 2. The highest BCUT2D eigenvalue weighted by Crippen LogP contribution is 2.09. The van der Waals surface area contributed by atoms with Gasteiger partial charge in [0.1, 0.15) is 0 Å². The van der Waals surface area contributed by atoms with Crippen molar-refractivity contribution in [2.75, 3.05) is 0 Å². The normalized spacial score (nSPS) is 14.5. The summed E-state index contributed by atoms with van der Waals surface area (Å²) < 4.78 is 9.14. The van der Waals surface area contributed by atoms with E-state index in [-0.39, 0.29) is 0 Å². The van der Waals surface area contributed by atoms with Gasteiger partial charge >= 0.3 is 11.9 Å². The number of carbonyl (C=O) groups is 3. The Bertz CT molecular complexity index is 268. The third kappa shape index (κ3) is 5.08. The molecule has 1 unspecified atom stereocenters. The molecule has 14 heavy (non-hydrogen) atoms. The maximum absolute atomic E-state index is 10.6. The summed E-state index contributed by atoms with van der Waals surface area (Å²) in [5.74, 6) is -1.11. The van der Waals surface area contributed by atoms with Gasteiger partial charge in [-0.2, -0.15) is 0 Å². The van der Waals surface area contributed by atoms with Gasteiger partial charge in [-0.05, 0) is 6.92 Å². The lowest BCUT2D eigenvalue weighted by molar-refractivity contribution is -0.154. The summed E-state index contributed by atoms with van der Waals surface area (Å²) in [4.78, 5) is 31.5. The van der Waals surface area contributed by atoms with Crippen LogP contribution in [0.3, 0.4) is 0 Å². The van der Waals surface area contributed by atoms with Gasteiger partial charge in [0, 0.05) is 19.9 Å². The number of ether oxygens (including phenoxy) is 2. The molecule has 0 aromatic heterocycles. The van der Waals surface area contributed by atoms with Crippen LogP contribution < -0.4 is 0 Å². The van der Waals surface area contributed by atoms with Crippen molar-refractivity contribution < 1.29 is 23.9 Å². The van der Waals surface area contributed by atoms with E-state index < -0.39 is 17.5 Å².